The Morgan fingerprint density at radius 1 is 1.06 bits per heavy atom. The summed E-state index contributed by atoms with van der Waals surface area (Å²) in [4.78, 5) is 31.0. The van der Waals surface area contributed by atoms with Crippen molar-refractivity contribution in [2.75, 3.05) is 46.0 Å². The number of nitrogens with zero attached hydrogens (tertiary/aromatic N) is 2. The summed E-state index contributed by atoms with van der Waals surface area (Å²) in [5.41, 5.74) is -0.418. The van der Waals surface area contributed by atoms with Gasteiger partial charge in [0, 0.05) is 47.9 Å². The van der Waals surface area contributed by atoms with Crippen LogP contribution in [0.2, 0.25) is 5.02 Å². The monoisotopic (exact) mass is 476 g/mol. The van der Waals surface area contributed by atoms with Gasteiger partial charge in [0.15, 0.2) is 0 Å². The molecule has 32 heavy (non-hydrogen) atoms. The number of hydrogen-bond donors (Lipinski definition) is 0. The lowest BCUT2D eigenvalue weighted by molar-refractivity contribution is -0.143. The van der Waals surface area contributed by atoms with Crippen molar-refractivity contribution in [3.05, 3.63) is 51.7 Å². The molecule has 2 aromatic rings. The van der Waals surface area contributed by atoms with Gasteiger partial charge >= 0.3 is 0 Å². The third-order valence-electron chi connectivity index (χ3n) is 6.17. The first kappa shape index (κ1) is 23.1. The van der Waals surface area contributed by atoms with Crippen molar-refractivity contribution in [2.24, 2.45) is 5.41 Å². The minimum absolute atomic E-state index is 0.112. The van der Waals surface area contributed by atoms with Crippen LogP contribution in [0.25, 0.3) is 0 Å². The molecule has 0 unspecified atom stereocenters. The molecule has 2 aliphatic rings. The first-order valence-corrected chi connectivity index (χ1v) is 12.3. The number of benzene rings is 1. The molecule has 0 spiro atoms. The van der Waals surface area contributed by atoms with Crippen molar-refractivity contribution >= 4 is 34.8 Å². The molecule has 0 radical (unpaired) electrons. The average Bonchev–Trinajstić information content (AvgIpc) is 3.32. The Morgan fingerprint density at radius 2 is 1.84 bits per heavy atom. The Kier molecular flexibility index (Phi) is 7.71. The van der Waals surface area contributed by atoms with Gasteiger partial charge in [0.25, 0.3) is 0 Å². The minimum Gasteiger partial charge on any atom is -0.493 e. The maximum absolute atomic E-state index is 13.2. The van der Waals surface area contributed by atoms with E-state index in [2.05, 4.69) is 0 Å². The molecule has 0 saturated carbocycles. The molecule has 2 fully saturated rings. The first-order chi connectivity index (χ1) is 15.5. The highest BCUT2D eigenvalue weighted by molar-refractivity contribution is 7.10. The second-order valence-corrected chi connectivity index (χ2v) is 10.1. The number of carbonyl (C=O) groups excluding carboxylic acids is 2. The highest BCUT2D eigenvalue weighted by atomic mass is 35.5. The summed E-state index contributed by atoms with van der Waals surface area (Å²) in [5, 5.41) is 2.64. The van der Waals surface area contributed by atoms with Gasteiger partial charge in [-0.25, -0.2) is 0 Å². The Bertz CT molecular complexity index is 899. The summed E-state index contributed by atoms with van der Waals surface area (Å²) < 4.78 is 11.5. The maximum atomic E-state index is 13.2. The van der Waals surface area contributed by atoms with E-state index in [1.165, 1.54) is 0 Å². The van der Waals surface area contributed by atoms with E-state index in [1.807, 2.05) is 39.4 Å². The van der Waals surface area contributed by atoms with Crippen LogP contribution in [-0.4, -0.2) is 67.6 Å². The molecular formula is C24H29ClN2O4S. The van der Waals surface area contributed by atoms with E-state index in [4.69, 9.17) is 21.1 Å². The van der Waals surface area contributed by atoms with Crippen LogP contribution in [0.15, 0.2) is 41.8 Å². The maximum Gasteiger partial charge on any atom is 0.227 e. The smallest absolute Gasteiger partial charge is 0.227 e. The van der Waals surface area contributed by atoms with Gasteiger partial charge in [0.1, 0.15) is 5.75 Å². The molecule has 1 aromatic carbocycles. The average molecular weight is 477 g/mol. The molecule has 8 heteroatoms. The van der Waals surface area contributed by atoms with Gasteiger partial charge in [0.2, 0.25) is 11.8 Å². The quantitative estimate of drug-likeness (QED) is 0.608. The highest BCUT2D eigenvalue weighted by Gasteiger charge is 2.41. The van der Waals surface area contributed by atoms with E-state index < -0.39 is 5.41 Å². The van der Waals surface area contributed by atoms with Gasteiger partial charge in [-0.3, -0.25) is 9.59 Å². The molecule has 0 N–H and O–H groups in total. The number of ether oxygens (including phenoxy) is 2. The molecule has 4 rings (SSSR count). The van der Waals surface area contributed by atoms with Crippen molar-refractivity contribution in [1.29, 1.82) is 0 Å². The van der Waals surface area contributed by atoms with Crippen molar-refractivity contribution in [1.82, 2.24) is 9.80 Å². The number of likely N-dealkylation sites (tertiary alicyclic amines) is 1. The molecule has 6 nitrogen and oxygen atoms in total. The van der Waals surface area contributed by atoms with Crippen molar-refractivity contribution < 1.29 is 19.1 Å². The Labute approximate surface area is 198 Å². The second-order valence-electron chi connectivity index (χ2n) is 8.59. The third-order valence-corrected chi connectivity index (χ3v) is 7.30. The predicted molar refractivity (Wildman–Crippen MR) is 125 cm³/mol. The fourth-order valence-electron chi connectivity index (χ4n) is 4.42. The van der Waals surface area contributed by atoms with Crippen molar-refractivity contribution in [3.63, 3.8) is 0 Å². The van der Waals surface area contributed by atoms with Crippen LogP contribution >= 0.6 is 22.9 Å². The molecule has 1 aromatic heterocycles. The summed E-state index contributed by atoms with van der Waals surface area (Å²) in [6.45, 7) is 4.02. The normalized spacial score (nSPS) is 21.4. The number of carbonyl (C=O) groups is 2. The summed E-state index contributed by atoms with van der Waals surface area (Å²) in [7, 11) is 0. The number of thiophene rings is 1. The largest absolute Gasteiger partial charge is 0.493 e. The van der Waals surface area contributed by atoms with Gasteiger partial charge < -0.3 is 19.3 Å². The van der Waals surface area contributed by atoms with E-state index >= 15 is 0 Å². The third kappa shape index (κ3) is 6.03. The first-order valence-electron chi connectivity index (χ1n) is 11.1. The van der Waals surface area contributed by atoms with Gasteiger partial charge in [0.05, 0.1) is 26.2 Å². The molecule has 1 atom stereocenters. The zero-order valence-electron chi connectivity index (χ0n) is 18.1. The zero-order chi connectivity index (χ0) is 22.4. The number of morpholine rings is 1. The lowest BCUT2D eigenvalue weighted by Gasteiger charge is -2.43. The molecule has 0 aliphatic carbocycles. The standard InChI is InChI=1S/C24H29ClN2O4S/c25-19-4-6-20(7-5-19)31-18-24(16-23(29)26-10-12-30-13-11-26)8-2-9-27(17-24)22(28)15-21-3-1-14-32-21/h1,3-7,14H,2,8-13,15-18H2/t24-/m1/s1. The van der Waals surface area contributed by atoms with Crippen molar-refractivity contribution in [2.45, 2.75) is 25.7 Å². The number of amides is 2. The minimum atomic E-state index is -0.418. The fourth-order valence-corrected chi connectivity index (χ4v) is 5.24. The van der Waals surface area contributed by atoms with E-state index in [0.29, 0.717) is 57.3 Å². The summed E-state index contributed by atoms with van der Waals surface area (Å²) in [5.74, 6) is 0.942. The second kappa shape index (κ2) is 10.7. The lowest BCUT2D eigenvalue weighted by Crippen LogP contribution is -2.52. The molecule has 2 aliphatic heterocycles. The fraction of sp³-hybridized carbons (Fsp3) is 0.500. The highest BCUT2D eigenvalue weighted by Crippen LogP contribution is 2.36. The predicted octanol–water partition coefficient (Wildman–Crippen LogP) is 3.88. The van der Waals surface area contributed by atoms with E-state index in [-0.39, 0.29) is 11.8 Å². The number of hydrogen-bond acceptors (Lipinski definition) is 5. The van der Waals surface area contributed by atoms with Crippen LogP contribution in [0.4, 0.5) is 0 Å². The van der Waals surface area contributed by atoms with Crippen LogP contribution in [0, 0.1) is 5.41 Å². The van der Waals surface area contributed by atoms with Gasteiger partial charge in [-0.2, -0.15) is 0 Å². The number of rotatable bonds is 7. The van der Waals surface area contributed by atoms with Gasteiger partial charge in [-0.05, 0) is 48.6 Å². The molecule has 2 amide bonds. The molecule has 2 saturated heterocycles. The molecule has 0 bridgehead atoms. The Morgan fingerprint density at radius 3 is 2.56 bits per heavy atom. The van der Waals surface area contributed by atoms with Crippen LogP contribution in [-0.2, 0) is 20.7 Å². The van der Waals surface area contributed by atoms with Crippen molar-refractivity contribution in [3.8, 4) is 5.75 Å². The van der Waals surface area contributed by atoms with Crippen LogP contribution < -0.4 is 4.74 Å². The number of halogens is 1. The Balaban J connectivity index is 1.48. The summed E-state index contributed by atoms with van der Waals surface area (Å²) >= 11 is 7.59. The van der Waals surface area contributed by atoms with Gasteiger partial charge in [-0.1, -0.05) is 17.7 Å². The van der Waals surface area contributed by atoms with Crippen LogP contribution in [0.1, 0.15) is 24.1 Å². The molecule has 172 valence electrons. The topological polar surface area (TPSA) is 59.1 Å². The summed E-state index contributed by atoms with van der Waals surface area (Å²) in [6.07, 6.45) is 2.47. The SMILES string of the molecule is O=C(C[C@]1(COc2ccc(Cl)cc2)CCCN(C(=O)Cc2cccs2)C1)N1CCOCC1. The van der Waals surface area contributed by atoms with Crippen LogP contribution in [0.5, 0.6) is 5.75 Å². The molecular weight excluding hydrogens is 448 g/mol. The van der Waals surface area contributed by atoms with E-state index in [1.54, 1.807) is 23.5 Å². The van der Waals surface area contributed by atoms with E-state index in [9.17, 15) is 9.59 Å². The Hall–Kier alpha value is -2.09. The van der Waals surface area contributed by atoms with E-state index in [0.717, 1.165) is 30.0 Å². The number of piperidine rings is 1. The zero-order valence-corrected chi connectivity index (χ0v) is 19.7. The van der Waals surface area contributed by atoms with Gasteiger partial charge in [-0.15, -0.1) is 11.3 Å². The lowest BCUT2D eigenvalue weighted by atomic mass is 9.77. The summed E-state index contributed by atoms with van der Waals surface area (Å²) in [6, 6.07) is 11.2. The van der Waals surface area contributed by atoms with Crippen LogP contribution in [0.3, 0.4) is 0 Å². The molecule has 3 heterocycles.